The predicted molar refractivity (Wildman–Crippen MR) is 56.6 cm³/mol. The average molecular weight is 232 g/mol. The van der Waals surface area contributed by atoms with E-state index in [1.807, 2.05) is 0 Å². The molecule has 0 fully saturated rings. The Morgan fingerprint density at radius 2 is 2.47 bits per heavy atom. The number of esters is 1. The van der Waals surface area contributed by atoms with E-state index in [-0.39, 0.29) is 6.04 Å². The van der Waals surface area contributed by atoms with Crippen LogP contribution in [0.1, 0.15) is 19.9 Å². The highest BCUT2D eigenvalue weighted by atomic mass is 35.5. The lowest BCUT2D eigenvalue weighted by atomic mass is 10.1. The van der Waals surface area contributed by atoms with Crippen LogP contribution in [0, 0.1) is 0 Å². The fourth-order valence-electron chi connectivity index (χ4n) is 1.14. The van der Waals surface area contributed by atoms with Crippen LogP contribution in [0.2, 0.25) is 5.02 Å². The molecule has 5 nitrogen and oxygen atoms in total. The number of halogens is 1. The zero-order valence-corrected chi connectivity index (χ0v) is 9.44. The molecule has 1 aromatic rings. The maximum absolute atomic E-state index is 11.3. The number of hydrogen-bond donors (Lipinski definition) is 1. The van der Waals surface area contributed by atoms with E-state index in [4.69, 9.17) is 22.1 Å². The molecule has 0 radical (unpaired) electrons. The van der Waals surface area contributed by atoms with Gasteiger partial charge in [-0.2, -0.15) is 5.10 Å². The molecule has 1 rings (SSSR count). The molecule has 15 heavy (non-hydrogen) atoms. The van der Waals surface area contributed by atoms with Crippen molar-refractivity contribution in [2.24, 2.45) is 5.73 Å². The zero-order chi connectivity index (χ0) is 11.4. The van der Waals surface area contributed by atoms with Crippen molar-refractivity contribution in [3.05, 3.63) is 17.4 Å². The molecule has 0 bridgehead atoms. The Hall–Kier alpha value is -1.07. The SMILES string of the molecule is CCOC(=O)C(N)C(C)n1cc(Cl)cn1. The number of carbonyl (C=O) groups excluding carboxylic acids is 1. The van der Waals surface area contributed by atoms with Gasteiger partial charge in [0.05, 0.1) is 23.9 Å². The van der Waals surface area contributed by atoms with Crippen molar-refractivity contribution >= 4 is 17.6 Å². The van der Waals surface area contributed by atoms with Crippen LogP contribution in [-0.4, -0.2) is 28.4 Å². The van der Waals surface area contributed by atoms with E-state index in [1.54, 1.807) is 24.7 Å². The first-order valence-corrected chi connectivity index (χ1v) is 5.06. The van der Waals surface area contributed by atoms with E-state index < -0.39 is 12.0 Å². The Kier molecular flexibility index (Phi) is 4.11. The lowest BCUT2D eigenvalue weighted by molar-refractivity contribution is -0.145. The van der Waals surface area contributed by atoms with E-state index in [0.717, 1.165) is 0 Å². The summed E-state index contributed by atoms with van der Waals surface area (Å²) in [7, 11) is 0. The Labute approximate surface area is 93.1 Å². The molecule has 0 saturated carbocycles. The number of rotatable bonds is 4. The van der Waals surface area contributed by atoms with Gasteiger partial charge in [0.1, 0.15) is 6.04 Å². The van der Waals surface area contributed by atoms with Gasteiger partial charge in [0, 0.05) is 6.20 Å². The number of ether oxygens (including phenoxy) is 1. The Morgan fingerprint density at radius 1 is 1.80 bits per heavy atom. The van der Waals surface area contributed by atoms with Crippen LogP contribution in [0.3, 0.4) is 0 Å². The van der Waals surface area contributed by atoms with E-state index in [2.05, 4.69) is 5.10 Å². The van der Waals surface area contributed by atoms with Crippen molar-refractivity contribution in [3.8, 4) is 0 Å². The summed E-state index contributed by atoms with van der Waals surface area (Å²) < 4.78 is 6.36. The van der Waals surface area contributed by atoms with Crippen LogP contribution >= 0.6 is 11.6 Å². The van der Waals surface area contributed by atoms with Gasteiger partial charge in [-0.3, -0.25) is 9.48 Å². The maximum atomic E-state index is 11.3. The molecular formula is C9H14ClN3O2. The third-order valence-electron chi connectivity index (χ3n) is 2.07. The second-order valence-electron chi connectivity index (χ2n) is 3.16. The van der Waals surface area contributed by atoms with Gasteiger partial charge in [-0.1, -0.05) is 11.6 Å². The molecular weight excluding hydrogens is 218 g/mol. The molecule has 2 atom stereocenters. The van der Waals surface area contributed by atoms with E-state index >= 15 is 0 Å². The van der Waals surface area contributed by atoms with Crippen molar-refractivity contribution in [1.82, 2.24) is 9.78 Å². The largest absolute Gasteiger partial charge is 0.465 e. The van der Waals surface area contributed by atoms with Gasteiger partial charge in [-0.15, -0.1) is 0 Å². The molecule has 0 aliphatic heterocycles. The summed E-state index contributed by atoms with van der Waals surface area (Å²) in [6.45, 7) is 3.84. The highest BCUT2D eigenvalue weighted by Crippen LogP contribution is 2.13. The summed E-state index contributed by atoms with van der Waals surface area (Å²) in [4.78, 5) is 11.3. The fourth-order valence-corrected chi connectivity index (χ4v) is 1.28. The van der Waals surface area contributed by atoms with Gasteiger partial charge in [0.15, 0.2) is 0 Å². The summed E-state index contributed by atoms with van der Waals surface area (Å²) in [5.74, 6) is -0.434. The number of nitrogens with zero attached hydrogens (tertiary/aromatic N) is 2. The summed E-state index contributed by atoms with van der Waals surface area (Å²) in [5.41, 5.74) is 5.71. The normalized spacial score (nSPS) is 14.7. The fraction of sp³-hybridized carbons (Fsp3) is 0.556. The van der Waals surface area contributed by atoms with Crippen LogP contribution in [0.15, 0.2) is 12.4 Å². The first-order valence-electron chi connectivity index (χ1n) is 4.68. The molecule has 2 N–H and O–H groups in total. The molecule has 0 saturated heterocycles. The summed E-state index contributed by atoms with van der Waals surface area (Å²) in [5, 5.41) is 4.49. The van der Waals surface area contributed by atoms with Gasteiger partial charge in [-0.25, -0.2) is 0 Å². The highest BCUT2D eigenvalue weighted by molar-refractivity contribution is 6.30. The molecule has 0 aliphatic rings. The second-order valence-corrected chi connectivity index (χ2v) is 3.59. The number of aromatic nitrogens is 2. The van der Waals surface area contributed by atoms with Gasteiger partial charge in [0.2, 0.25) is 0 Å². The first kappa shape index (κ1) is 12.0. The van der Waals surface area contributed by atoms with Crippen molar-refractivity contribution in [1.29, 1.82) is 0 Å². The lowest BCUT2D eigenvalue weighted by Gasteiger charge is -2.18. The van der Waals surface area contributed by atoms with Crippen LogP contribution < -0.4 is 5.73 Å². The molecule has 2 unspecified atom stereocenters. The monoisotopic (exact) mass is 231 g/mol. The molecule has 0 aromatic carbocycles. The van der Waals surface area contributed by atoms with Crippen molar-refractivity contribution in [3.63, 3.8) is 0 Å². The highest BCUT2D eigenvalue weighted by Gasteiger charge is 2.23. The van der Waals surface area contributed by atoms with Crippen molar-refractivity contribution in [2.75, 3.05) is 6.61 Å². The molecule has 1 heterocycles. The zero-order valence-electron chi connectivity index (χ0n) is 8.68. The minimum Gasteiger partial charge on any atom is -0.465 e. The maximum Gasteiger partial charge on any atom is 0.325 e. The van der Waals surface area contributed by atoms with Gasteiger partial charge >= 0.3 is 5.97 Å². The average Bonchev–Trinajstić information content (AvgIpc) is 2.63. The van der Waals surface area contributed by atoms with Gasteiger partial charge in [-0.05, 0) is 13.8 Å². The molecule has 0 aliphatic carbocycles. The molecule has 0 spiro atoms. The quantitative estimate of drug-likeness (QED) is 0.785. The second kappa shape index (κ2) is 5.14. The molecule has 84 valence electrons. The molecule has 0 amide bonds. The number of nitrogens with two attached hydrogens (primary N) is 1. The predicted octanol–water partition coefficient (Wildman–Crippen LogP) is 0.988. The van der Waals surface area contributed by atoms with Gasteiger partial charge in [0.25, 0.3) is 0 Å². The van der Waals surface area contributed by atoms with E-state index in [9.17, 15) is 4.79 Å². The smallest absolute Gasteiger partial charge is 0.325 e. The molecule has 1 aromatic heterocycles. The minimum absolute atomic E-state index is 0.281. The topological polar surface area (TPSA) is 70.1 Å². The van der Waals surface area contributed by atoms with Crippen LogP contribution in [0.4, 0.5) is 0 Å². The summed E-state index contributed by atoms with van der Waals surface area (Å²) in [6, 6.07) is -1.02. The third-order valence-corrected chi connectivity index (χ3v) is 2.26. The van der Waals surface area contributed by atoms with E-state index in [1.165, 1.54) is 6.20 Å². The van der Waals surface area contributed by atoms with Crippen molar-refractivity contribution < 1.29 is 9.53 Å². The molecule has 6 heteroatoms. The van der Waals surface area contributed by atoms with E-state index in [0.29, 0.717) is 11.6 Å². The third kappa shape index (κ3) is 2.94. The van der Waals surface area contributed by atoms with Crippen LogP contribution in [-0.2, 0) is 9.53 Å². The van der Waals surface area contributed by atoms with Crippen LogP contribution in [0.5, 0.6) is 0 Å². The standard InChI is InChI=1S/C9H14ClN3O2/c1-3-15-9(14)8(11)6(2)13-5-7(10)4-12-13/h4-6,8H,3,11H2,1-2H3. The van der Waals surface area contributed by atoms with Crippen molar-refractivity contribution in [2.45, 2.75) is 25.9 Å². The summed E-state index contributed by atoms with van der Waals surface area (Å²) >= 11 is 5.71. The Balaban J connectivity index is 2.67. The number of hydrogen-bond acceptors (Lipinski definition) is 4. The summed E-state index contributed by atoms with van der Waals surface area (Å²) in [6.07, 6.45) is 3.11. The number of carbonyl (C=O) groups is 1. The first-order chi connectivity index (χ1) is 7.06. The lowest BCUT2D eigenvalue weighted by Crippen LogP contribution is -2.39. The Morgan fingerprint density at radius 3 is 2.93 bits per heavy atom. The van der Waals surface area contributed by atoms with Gasteiger partial charge < -0.3 is 10.5 Å². The minimum atomic E-state index is -0.735. The van der Waals surface area contributed by atoms with Crippen LogP contribution in [0.25, 0.3) is 0 Å². The Bertz CT molecular complexity index is 340.